The van der Waals surface area contributed by atoms with E-state index in [0.29, 0.717) is 18.0 Å². The van der Waals surface area contributed by atoms with Gasteiger partial charge in [-0.05, 0) is 38.3 Å². The lowest BCUT2D eigenvalue weighted by Crippen LogP contribution is -2.38. The summed E-state index contributed by atoms with van der Waals surface area (Å²) >= 11 is 0. The van der Waals surface area contributed by atoms with Crippen molar-refractivity contribution in [1.29, 1.82) is 0 Å². The summed E-state index contributed by atoms with van der Waals surface area (Å²) < 4.78 is 27.8. The van der Waals surface area contributed by atoms with Gasteiger partial charge in [-0.3, -0.25) is 4.79 Å². The van der Waals surface area contributed by atoms with Gasteiger partial charge in [0.2, 0.25) is 15.9 Å². The zero-order chi connectivity index (χ0) is 18.3. The van der Waals surface area contributed by atoms with Gasteiger partial charge in [0.25, 0.3) is 0 Å². The van der Waals surface area contributed by atoms with Crippen molar-refractivity contribution in [2.45, 2.75) is 58.8 Å². The predicted octanol–water partition coefficient (Wildman–Crippen LogP) is 2.93. The number of unbranched alkanes of at least 4 members (excludes halogenated alkanes) is 2. The Labute approximate surface area is 146 Å². The van der Waals surface area contributed by atoms with Crippen LogP contribution in [0.5, 0.6) is 0 Å². The van der Waals surface area contributed by atoms with Gasteiger partial charge in [0, 0.05) is 26.6 Å². The molecule has 1 rings (SSSR count). The molecule has 0 bridgehead atoms. The van der Waals surface area contributed by atoms with Gasteiger partial charge in [0.15, 0.2) is 0 Å². The van der Waals surface area contributed by atoms with Crippen molar-refractivity contribution in [1.82, 2.24) is 9.62 Å². The van der Waals surface area contributed by atoms with Crippen LogP contribution < -0.4 is 4.72 Å². The number of aryl methyl sites for hydroxylation is 3. The summed E-state index contributed by atoms with van der Waals surface area (Å²) in [6.07, 6.45) is 3.10. The number of rotatable bonds is 9. The molecule has 0 saturated heterocycles. The van der Waals surface area contributed by atoms with Crippen LogP contribution in [0.3, 0.4) is 0 Å². The molecule has 1 aromatic carbocycles. The molecule has 0 spiro atoms. The fourth-order valence-electron chi connectivity index (χ4n) is 2.96. The third-order valence-corrected chi connectivity index (χ3v) is 5.79. The molecule has 5 nitrogen and oxygen atoms in total. The summed E-state index contributed by atoms with van der Waals surface area (Å²) in [5.74, 6) is -0.0204. The Balaban J connectivity index is 2.73. The number of amides is 1. The first kappa shape index (κ1) is 20.6. The zero-order valence-electron chi connectivity index (χ0n) is 15.5. The molecule has 0 radical (unpaired) electrons. The number of nitrogens with zero attached hydrogens (tertiary/aromatic N) is 1. The predicted molar refractivity (Wildman–Crippen MR) is 97.6 cm³/mol. The van der Waals surface area contributed by atoms with E-state index in [1.54, 1.807) is 18.7 Å². The number of hydrogen-bond acceptors (Lipinski definition) is 3. The lowest BCUT2D eigenvalue weighted by molar-refractivity contribution is -0.128. The maximum Gasteiger partial charge on any atom is 0.241 e. The molecule has 136 valence electrons. The second-order valence-electron chi connectivity index (χ2n) is 6.34. The minimum absolute atomic E-state index is 0.0204. The van der Waals surface area contributed by atoms with Gasteiger partial charge in [0.05, 0.1) is 4.90 Å². The highest BCUT2D eigenvalue weighted by Gasteiger charge is 2.20. The molecule has 1 amide bonds. The van der Waals surface area contributed by atoms with E-state index in [1.165, 1.54) is 6.92 Å². The number of sulfonamides is 1. The quantitative estimate of drug-likeness (QED) is 0.693. The third kappa shape index (κ3) is 5.91. The number of carbonyl (C=O) groups excluding carboxylic acids is 1. The van der Waals surface area contributed by atoms with Gasteiger partial charge in [-0.25, -0.2) is 13.1 Å². The molecule has 0 aliphatic carbocycles. The number of nitrogens with one attached hydrogen (secondary N) is 1. The molecular formula is C18H30N2O3S. The maximum absolute atomic E-state index is 12.6. The number of hydrogen-bond donors (Lipinski definition) is 1. The lowest BCUT2D eigenvalue weighted by atomic mass is 10.1. The minimum atomic E-state index is -3.57. The Morgan fingerprint density at radius 3 is 2.17 bits per heavy atom. The molecule has 0 saturated carbocycles. The van der Waals surface area contributed by atoms with E-state index in [0.717, 1.165) is 36.0 Å². The highest BCUT2D eigenvalue weighted by atomic mass is 32.2. The number of benzene rings is 1. The number of carbonyl (C=O) groups is 1. The molecule has 0 aliphatic heterocycles. The second-order valence-corrected chi connectivity index (χ2v) is 8.04. The van der Waals surface area contributed by atoms with Crippen LogP contribution in [0.2, 0.25) is 0 Å². The van der Waals surface area contributed by atoms with Crippen molar-refractivity contribution < 1.29 is 13.2 Å². The van der Waals surface area contributed by atoms with E-state index in [-0.39, 0.29) is 12.5 Å². The Hall–Kier alpha value is -1.40. The van der Waals surface area contributed by atoms with Crippen LogP contribution in [-0.2, 0) is 14.8 Å². The molecule has 1 aromatic rings. The first-order chi connectivity index (χ1) is 11.2. The zero-order valence-corrected chi connectivity index (χ0v) is 16.3. The van der Waals surface area contributed by atoms with E-state index in [2.05, 4.69) is 11.6 Å². The topological polar surface area (TPSA) is 66.5 Å². The van der Waals surface area contributed by atoms with Crippen LogP contribution in [0.25, 0.3) is 0 Å². The van der Waals surface area contributed by atoms with Crippen molar-refractivity contribution in [2.24, 2.45) is 0 Å². The molecule has 0 aliphatic rings. The third-order valence-electron chi connectivity index (χ3n) is 4.02. The fraction of sp³-hybridized carbons (Fsp3) is 0.611. The van der Waals surface area contributed by atoms with Crippen LogP contribution in [0.1, 0.15) is 49.8 Å². The molecule has 0 fully saturated rings. The highest BCUT2D eigenvalue weighted by Crippen LogP contribution is 2.21. The average Bonchev–Trinajstić information content (AvgIpc) is 2.43. The van der Waals surface area contributed by atoms with Gasteiger partial charge < -0.3 is 4.90 Å². The monoisotopic (exact) mass is 354 g/mol. The maximum atomic E-state index is 12.6. The van der Waals surface area contributed by atoms with Crippen LogP contribution in [-0.4, -0.2) is 38.9 Å². The Morgan fingerprint density at radius 1 is 1.08 bits per heavy atom. The van der Waals surface area contributed by atoms with Crippen LogP contribution >= 0.6 is 0 Å². The fourth-order valence-corrected chi connectivity index (χ4v) is 4.43. The smallest absolute Gasteiger partial charge is 0.241 e. The van der Waals surface area contributed by atoms with E-state index in [4.69, 9.17) is 0 Å². The van der Waals surface area contributed by atoms with Gasteiger partial charge in [-0.1, -0.05) is 37.5 Å². The SMILES string of the molecule is CCCCCN(CCNS(=O)(=O)c1c(C)cc(C)cc1C)C(C)=O. The molecular weight excluding hydrogens is 324 g/mol. The Kier molecular flexibility index (Phi) is 7.90. The van der Waals surface area contributed by atoms with E-state index in [1.807, 2.05) is 19.1 Å². The van der Waals surface area contributed by atoms with Crippen molar-refractivity contribution in [2.75, 3.05) is 19.6 Å². The van der Waals surface area contributed by atoms with E-state index < -0.39 is 10.0 Å². The average molecular weight is 355 g/mol. The normalized spacial score (nSPS) is 11.5. The molecule has 0 aromatic heterocycles. The van der Waals surface area contributed by atoms with E-state index in [9.17, 15) is 13.2 Å². The second kappa shape index (κ2) is 9.18. The summed E-state index contributed by atoms with van der Waals surface area (Å²) in [6.45, 7) is 10.5. The molecule has 24 heavy (non-hydrogen) atoms. The standard InChI is InChI=1S/C18H30N2O3S/c1-6-7-8-10-20(17(5)21)11-9-19-24(22,23)18-15(3)12-14(2)13-16(18)4/h12-13,19H,6-11H2,1-5H3. The molecule has 6 heteroatoms. The van der Waals surface area contributed by atoms with Gasteiger partial charge >= 0.3 is 0 Å². The summed E-state index contributed by atoms with van der Waals surface area (Å²) in [7, 11) is -3.57. The largest absolute Gasteiger partial charge is 0.342 e. The molecule has 1 N–H and O–H groups in total. The Morgan fingerprint density at radius 2 is 1.67 bits per heavy atom. The van der Waals surface area contributed by atoms with Crippen molar-refractivity contribution >= 4 is 15.9 Å². The lowest BCUT2D eigenvalue weighted by Gasteiger charge is -2.21. The van der Waals surface area contributed by atoms with Gasteiger partial charge in [-0.2, -0.15) is 0 Å². The van der Waals surface area contributed by atoms with Gasteiger partial charge in [0.1, 0.15) is 0 Å². The molecule has 0 unspecified atom stereocenters. The Bertz CT molecular complexity index is 646. The minimum Gasteiger partial charge on any atom is -0.342 e. The summed E-state index contributed by atoms with van der Waals surface area (Å²) in [6, 6.07) is 3.74. The first-order valence-electron chi connectivity index (χ1n) is 8.52. The summed E-state index contributed by atoms with van der Waals surface area (Å²) in [5, 5.41) is 0. The summed E-state index contributed by atoms with van der Waals surface area (Å²) in [4.78, 5) is 13.7. The van der Waals surface area contributed by atoms with Crippen molar-refractivity contribution in [3.05, 3.63) is 28.8 Å². The van der Waals surface area contributed by atoms with Crippen LogP contribution in [0, 0.1) is 20.8 Å². The van der Waals surface area contributed by atoms with E-state index >= 15 is 0 Å². The van der Waals surface area contributed by atoms with Crippen LogP contribution in [0.15, 0.2) is 17.0 Å². The van der Waals surface area contributed by atoms with Crippen molar-refractivity contribution in [3.8, 4) is 0 Å². The van der Waals surface area contributed by atoms with Crippen molar-refractivity contribution in [3.63, 3.8) is 0 Å². The first-order valence-corrected chi connectivity index (χ1v) is 10.0. The molecule has 0 heterocycles. The highest BCUT2D eigenvalue weighted by molar-refractivity contribution is 7.89. The van der Waals surface area contributed by atoms with Gasteiger partial charge in [-0.15, -0.1) is 0 Å². The molecule has 0 atom stereocenters. The van der Waals surface area contributed by atoms with Crippen LogP contribution in [0.4, 0.5) is 0 Å². The summed E-state index contributed by atoms with van der Waals surface area (Å²) in [5.41, 5.74) is 2.53.